The fourth-order valence-corrected chi connectivity index (χ4v) is 2.71. The molecule has 2 aromatic carbocycles. The van der Waals surface area contributed by atoms with E-state index in [2.05, 4.69) is 10.6 Å². The smallest absolute Gasteiger partial charge is 0.251 e. The van der Waals surface area contributed by atoms with Crippen molar-refractivity contribution >= 4 is 33.4 Å². The minimum absolute atomic E-state index is 0.0945. The summed E-state index contributed by atoms with van der Waals surface area (Å²) in [7, 11) is -1.99. The molecule has 0 saturated carbocycles. The van der Waals surface area contributed by atoms with Crippen molar-refractivity contribution in [1.82, 2.24) is 5.32 Å². The summed E-state index contributed by atoms with van der Waals surface area (Å²) in [5, 5.41) is 4.80. The number of hydrogen-bond acceptors (Lipinski definition) is 4. The van der Waals surface area contributed by atoms with E-state index in [0.29, 0.717) is 11.1 Å². The number of rotatable bonds is 5. The van der Waals surface area contributed by atoms with Crippen LogP contribution in [0.3, 0.4) is 0 Å². The van der Waals surface area contributed by atoms with Crippen LogP contribution >= 0.6 is 0 Å². The molecule has 0 unspecified atom stereocenters. The van der Waals surface area contributed by atoms with E-state index in [1.54, 1.807) is 24.3 Å². The minimum Gasteiger partial charge on any atom is -0.355 e. The number of carbonyl (C=O) groups is 2. The number of benzene rings is 2. The number of halogens is 1. The number of carbonyl (C=O) groups excluding carboxylic acids is 2. The molecule has 0 radical (unpaired) electrons. The predicted octanol–water partition coefficient (Wildman–Crippen LogP) is 2.24. The van der Waals surface area contributed by atoms with Crippen molar-refractivity contribution in [1.29, 1.82) is 0 Å². The molecule has 0 bridgehead atoms. The van der Waals surface area contributed by atoms with Gasteiger partial charge in [0.15, 0.2) is 9.84 Å². The molecule has 8 heteroatoms. The maximum atomic E-state index is 13.8. The molecule has 2 N–H and O–H groups in total. The highest BCUT2D eigenvalue weighted by atomic mass is 32.2. The summed E-state index contributed by atoms with van der Waals surface area (Å²) in [6.45, 7) is 0. The van der Waals surface area contributed by atoms with Gasteiger partial charge in [0, 0.05) is 24.9 Å². The third kappa shape index (κ3) is 5.00. The van der Waals surface area contributed by atoms with Gasteiger partial charge in [0.25, 0.3) is 5.91 Å². The fourth-order valence-electron chi connectivity index (χ4n) is 2.07. The van der Waals surface area contributed by atoms with Crippen molar-refractivity contribution in [2.75, 3.05) is 18.6 Å². The van der Waals surface area contributed by atoms with Crippen LogP contribution < -0.4 is 10.6 Å². The number of amides is 2. The second-order valence-corrected chi connectivity index (χ2v) is 7.45. The Morgan fingerprint density at radius 2 is 1.73 bits per heavy atom. The maximum absolute atomic E-state index is 13.8. The van der Waals surface area contributed by atoms with Gasteiger partial charge < -0.3 is 10.6 Å². The molecule has 0 heterocycles. The van der Waals surface area contributed by atoms with Crippen LogP contribution in [0.4, 0.5) is 10.1 Å². The van der Waals surface area contributed by atoms with Gasteiger partial charge in [-0.25, -0.2) is 12.8 Å². The van der Waals surface area contributed by atoms with E-state index in [9.17, 15) is 22.4 Å². The first-order chi connectivity index (χ1) is 12.2. The van der Waals surface area contributed by atoms with Gasteiger partial charge in [-0.15, -0.1) is 0 Å². The summed E-state index contributed by atoms with van der Waals surface area (Å²) in [5.41, 5.74) is 0.921. The number of nitrogens with one attached hydrogen (secondary N) is 2. The van der Waals surface area contributed by atoms with E-state index in [1.807, 2.05) is 0 Å². The van der Waals surface area contributed by atoms with Gasteiger partial charge in [-0.2, -0.15) is 0 Å². The van der Waals surface area contributed by atoms with Crippen LogP contribution in [0.5, 0.6) is 0 Å². The molecule has 0 atom stereocenters. The van der Waals surface area contributed by atoms with E-state index < -0.39 is 21.6 Å². The summed E-state index contributed by atoms with van der Waals surface area (Å²) >= 11 is 0. The average molecular weight is 376 g/mol. The van der Waals surface area contributed by atoms with Crippen molar-refractivity contribution in [2.24, 2.45) is 0 Å². The SMILES string of the molecule is CNC(=O)c1ccc(/C=C/C(=O)Nc2cc(S(C)(=O)=O)ccc2F)cc1. The summed E-state index contributed by atoms with van der Waals surface area (Å²) in [5.74, 6) is -1.58. The summed E-state index contributed by atoms with van der Waals surface area (Å²) in [6, 6.07) is 9.68. The van der Waals surface area contributed by atoms with Gasteiger partial charge in [0.05, 0.1) is 10.6 Å². The summed E-state index contributed by atoms with van der Waals surface area (Å²) in [6.07, 6.45) is 3.66. The molecule has 6 nitrogen and oxygen atoms in total. The van der Waals surface area contributed by atoms with Crippen LogP contribution in [0, 0.1) is 5.82 Å². The van der Waals surface area contributed by atoms with Gasteiger partial charge in [-0.1, -0.05) is 12.1 Å². The lowest BCUT2D eigenvalue weighted by Gasteiger charge is -2.06. The van der Waals surface area contributed by atoms with Crippen molar-refractivity contribution < 1.29 is 22.4 Å². The van der Waals surface area contributed by atoms with Gasteiger partial charge in [0.2, 0.25) is 5.91 Å². The van der Waals surface area contributed by atoms with Crippen molar-refractivity contribution in [3.63, 3.8) is 0 Å². The zero-order valence-corrected chi connectivity index (χ0v) is 14.9. The second-order valence-electron chi connectivity index (χ2n) is 5.44. The monoisotopic (exact) mass is 376 g/mol. The molecule has 0 fully saturated rings. The zero-order chi connectivity index (χ0) is 19.3. The maximum Gasteiger partial charge on any atom is 0.251 e. The summed E-state index contributed by atoms with van der Waals surface area (Å²) < 4.78 is 36.8. The van der Waals surface area contributed by atoms with Crippen molar-refractivity contribution in [3.05, 3.63) is 65.5 Å². The van der Waals surface area contributed by atoms with Crippen LogP contribution in [-0.4, -0.2) is 33.5 Å². The molecule has 0 aliphatic heterocycles. The summed E-state index contributed by atoms with van der Waals surface area (Å²) in [4.78, 5) is 23.3. The fraction of sp³-hybridized carbons (Fsp3) is 0.111. The molecule has 0 aliphatic rings. The molecular formula is C18H17FN2O4S. The number of anilines is 1. The zero-order valence-electron chi connectivity index (χ0n) is 14.1. The second kappa shape index (κ2) is 7.92. The van der Waals surface area contributed by atoms with E-state index >= 15 is 0 Å². The molecule has 136 valence electrons. The molecule has 0 saturated heterocycles. The standard InChI is InChI=1S/C18H17FN2O4S/c1-20-18(23)13-6-3-12(4-7-13)5-10-17(22)21-16-11-14(26(2,24)25)8-9-15(16)19/h3-11H,1-2H3,(H,20,23)(H,21,22)/b10-5+. The molecular weight excluding hydrogens is 359 g/mol. The molecule has 0 spiro atoms. The Morgan fingerprint density at radius 3 is 2.31 bits per heavy atom. The molecule has 0 aliphatic carbocycles. The highest BCUT2D eigenvalue weighted by Crippen LogP contribution is 2.19. The normalized spacial score (nSPS) is 11.3. The van der Waals surface area contributed by atoms with Crippen LogP contribution in [-0.2, 0) is 14.6 Å². The van der Waals surface area contributed by atoms with Crippen LogP contribution in [0.2, 0.25) is 0 Å². The largest absolute Gasteiger partial charge is 0.355 e. The van der Waals surface area contributed by atoms with E-state index in [1.165, 1.54) is 19.2 Å². The number of hydrogen-bond donors (Lipinski definition) is 2. The van der Waals surface area contributed by atoms with E-state index in [-0.39, 0.29) is 16.5 Å². The van der Waals surface area contributed by atoms with Crippen LogP contribution in [0.1, 0.15) is 15.9 Å². The van der Waals surface area contributed by atoms with Gasteiger partial charge in [-0.05, 0) is 42.0 Å². The van der Waals surface area contributed by atoms with E-state index in [0.717, 1.165) is 24.5 Å². The van der Waals surface area contributed by atoms with Crippen LogP contribution in [0.25, 0.3) is 6.08 Å². The molecule has 2 amide bonds. The Bertz CT molecular complexity index is 967. The highest BCUT2D eigenvalue weighted by Gasteiger charge is 2.12. The Morgan fingerprint density at radius 1 is 1.08 bits per heavy atom. The molecule has 2 rings (SSSR count). The van der Waals surface area contributed by atoms with Crippen molar-refractivity contribution in [2.45, 2.75) is 4.90 Å². The Hall–Kier alpha value is -3.00. The quantitative estimate of drug-likeness (QED) is 0.618. The lowest BCUT2D eigenvalue weighted by atomic mass is 10.1. The highest BCUT2D eigenvalue weighted by molar-refractivity contribution is 7.90. The first-order valence-electron chi connectivity index (χ1n) is 7.51. The topological polar surface area (TPSA) is 92.3 Å². The third-order valence-electron chi connectivity index (χ3n) is 3.45. The lowest BCUT2D eigenvalue weighted by molar-refractivity contribution is -0.111. The lowest BCUT2D eigenvalue weighted by Crippen LogP contribution is -2.17. The van der Waals surface area contributed by atoms with E-state index in [4.69, 9.17) is 0 Å². The first kappa shape index (κ1) is 19.3. The minimum atomic E-state index is -3.52. The Balaban J connectivity index is 2.11. The molecule has 0 aromatic heterocycles. The molecule has 26 heavy (non-hydrogen) atoms. The van der Waals surface area contributed by atoms with Crippen molar-refractivity contribution in [3.8, 4) is 0 Å². The van der Waals surface area contributed by atoms with Gasteiger partial charge in [-0.3, -0.25) is 9.59 Å². The Kier molecular flexibility index (Phi) is 5.89. The first-order valence-corrected chi connectivity index (χ1v) is 9.40. The Labute approximate surface area is 150 Å². The predicted molar refractivity (Wildman–Crippen MR) is 97.0 cm³/mol. The van der Waals surface area contributed by atoms with Gasteiger partial charge in [0.1, 0.15) is 5.82 Å². The number of sulfone groups is 1. The molecule has 2 aromatic rings. The average Bonchev–Trinajstić information content (AvgIpc) is 2.60. The van der Waals surface area contributed by atoms with Crippen LogP contribution in [0.15, 0.2) is 53.4 Å². The third-order valence-corrected chi connectivity index (χ3v) is 4.56. The van der Waals surface area contributed by atoms with Gasteiger partial charge >= 0.3 is 0 Å².